The van der Waals surface area contributed by atoms with Gasteiger partial charge in [0.1, 0.15) is 0 Å². The molecule has 2 heterocycles. The molecule has 0 saturated carbocycles. The fraction of sp³-hybridized carbons (Fsp3) is 0.222. The molecule has 1 aromatic carbocycles. The highest BCUT2D eigenvalue weighted by Crippen LogP contribution is 2.14. The van der Waals surface area contributed by atoms with Crippen LogP contribution < -0.4 is 5.32 Å². The number of hydrogen-bond donors (Lipinski definition) is 1. The predicted molar refractivity (Wildman–Crippen MR) is 92.5 cm³/mol. The standard InChI is InChI=1S/C18H19N5O/c1-13(2)12-23-9-8-19-18(23)22-17(24)15-10-20-16(21-11-15)14-6-4-3-5-7-14/h3-11,13H,12H2,1-2H3,(H,19,22,24). The van der Waals surface area contributed by atoms with Crippen LogP contribution in [0.2, 0.25) is 0 Å². The van der Waals surface area contributed by atoms with Gasteiger partial charge in [-0.2, -0.15) is 0 Å². The lowest BCUT2D eigenvalue weighted by Gasteiger charge is -2.11. The third-order valence-corrected chi connectivity index (χ3v) is 3.45. The minimum atomic E-state index is -0.272. The molecular formula is C18H19N5O. The number of amides is 1. The van der Waals surface area contributed by atoms with Crippen molar-refractivity contribution < 1.29 is 4.79 Å². The Morgan fingerprint density at radius 2 is 1.83 bits per heavy atom. The number of carbonyl (C=O) groups excluding carboxylic acids is 1. The second-order valence-corrected chi connectivity index (χ2v) is 5.91. The van der Waals surface area contributed by atoms with Gasteiger partial charge in [-0.25, -0.2) is 15.0 Å². The Bertz CT molecular complexity index is 809. The molecule has 0 fully saturated rings. The summed E-state index contributed by atoms with van der Waals surface area (Å²) in [5.74, 6) is 1.31. The summed E-state index contributed by atoms with van der Waals surface area (Å²) in [7, 11) is 0. The normalized spacial score (nSPS) is 10.8. The van der Waals surface area contributed by atoms with Crippen LogP contribution in [0.5, 0.6) is 0 Å². The van der Waals surface area contributed by atoms with Crippen molar-refractivity contribution in [3.63, 3.8) is 0 Å². The molecule has 1 N–H and O–H groups in total. The molecule has 3 aromatic rings. The van der Waals surface area contributed by atoms with Crippen molar-refractivity contribution in [1.82, 2.24) is 19.5 Å². The number of hydrogen-bond acceptors (Lipinski definition) is 4. The first-order valence-corrected chi connectivity index (χ1v) is 7.83. The maximum absolute atomic E-state index is 12.4. The van der Waals surface area contributed by atoms with E-state index >= 15 is 0 Å². The molecule has 0 radical (unpaired) electrons. The summed E-state index contributed by atoms with van der Waals surface area (Å²) in [5.41, 5.74) is 1.31. The lowest BCUT2D eigenvalue weighted by atomic mass is 10.2. The van der Waals surface area contributed by atoms with Crippen molar-refractivity contribution in [1.29, 1.82) is 0 Å². The highest BCUT2D eigenvalue weighted by molar-refractivity contribution is 6.03. The third-order valence-electron chi connectivity index (χ3n) is 3.45. The van der Waals surface area contributed by atoms with E-state index in [2.05, 4.69) is 34.1 Å². The Hall–Kier alpha value is -3.02. The van der Waals surface area contributed by atoms with E-state index < -0.39 is 0 Å². The zero-order valence-corrected chi connectivity index (χ0v) is 13.7. The number of imidazole rings is 1. The van der Waals surface area contributed by atoms with Gasteiger partial charge in [0.15, 0.2) is 5.82 Å². The van der Waals surface area contributed by atoms with Crippen LogP contribution in [0.25, 0.3) is 11.4 Å². The zero-order chi connectivity index (χ0) is 16.9. The van der Waals surface area contributed by atoms with Crippen molar-refractivity contribution >= 4 is 11.9 Å². The van der Waals surface area contributed by atoms with Gasteiger partial charge in [-0.05, 0) is 5.92 Å². The number of aromatic nitrogens is 4. The fourth-order valence-corrected chi connectivity index (χ4v) is 2.33. The first-order valence-electron chi connectivity index (χ1n) is 7.83. The minimum Gasteiger partial charge on any atom is -0.317 e. The van der Waals surface area contributed by atoms with Crippen molar-refractivity contribution in [2.45, 2.75) is 20.4 Å². The van der Waals surface area contributed by atoms with E-state index in [9.17, 15) is 4.79 Å². The fourth-order valence-electron chi connectivity index (χ4n) is 2.33. The second-order valence-electron chi connectivity index (χ2n) is 5.91. The Morgan fingerprint density at radius 1 is 1.12 bits per heavy atom. The van der Waals surface area contributed by atoms with Gasteiger partial charge in [0.2, 0.25) is 5.95 Å². The van der Waals surface area contributed by atoms with Gasteiger partial charge in [0.05, 0.1) is 5.56 Å². The zero-order valence-electron chi connectivity index (χ0n) is 13.7. The Kier molecular flexibility index (Phi) is 4.65. The highest BCUT2D eigenvalue weighted by atomic mass is 16.1. The van der Waals surface area contributed by atoms with Crippen LogP contribution in [0.15, 0.2) is 55.1 Å². The van der Waals surface area contributed by atoms with Crippen LogP contribution in [0.4, 0.5) is 5.95 Å². The van der Waals surface area contributed by atoms with Crippen LogP contribution in [0.1, 0.15) is 24.2 Å². The topological polar surface area (TPSA) is 72.7 Å². The van der Waals surface area contributed by atoms with Gasteiger partial charge in [0, 0.05) is 36.9 Å². The van der Waals surface area contributed by atoms with E-state index in [-0.39, 0.29) is 5.91 Å². The van der Waals surface area contributed by atoms with E-state index in [1.54, 1.807) is 6.20 Å². The van der Waals surface area contributed by atoms with Gasteiger partial charge in [-0.15, -0.1) is 0 Å². The van der Waals surface area contributed by atoms with Crippen molar-refractivity contribution in [2.75, 3.05) is 5.32 Å². The minimum absolute atomic E-state index is 0.272. The third kappa shape index (κ3) is 3.65. The first-order chi connectivity index (χ1) is 11.6. The van der Waals surface area contributed by atoms with Crippen molar-refractivity contribution in [3.8, 4) is 11.4 Å². The van der Waals surface area contributed by atoms with Crippen molar-refractivity contribution in [3.05, 3.63) is 60.7 Å². The Labute approximate surface area is 140 Å². The van der Waals surface area contributed by atoms with Gasteiger partial charge in [-0.3, -0.25) is 10.1 Å². The summed E-state index contributed by atoms with van der Waals surface area (Å²) < 4.78 is 1.92. The quantitative estimate of drug-likeness (QED) is 0.783. The molecule has 0 bridgehead atoms. The molecule has 122 valence electrons. The van der Waals surface area contributed by atoms with E-state index in [1.807, 2.05) is 41.1 Å². The maximum Gasteiger partial charge on any atom is 0.261 e. The van der Waals surface area contributed by atoms with Crippen LogP contribution >= 0.6 is 0 Å². The second kappa shape index (κ2) is 7.04. The molecule has 0 spiro atoms. The molecule has 1 amide bonds. The molecule has 2 aromatic heterocycles. The van der Waals surface area contributed by atoms with E-state index in [1.165, 1.54) is 12.4 Å². The van der Waals surface area contributed by atoms with Gasteiger partial charge < -0.3 is 4.57 Å². The molecule has 0 unspecified atom stereocenters. The number of anilines is 1. The van der Waals surface area contributed by atoms with Gasteiger partial charge in [-0.1, -0.05) is 44.2 Å². The number of nitrogens with one attached hydrogen (secondary N) is 1. The molecule has 6 nitrogen and oxygen atoms in total. The summed E-state index contributed by atoms with van der Waals surface area (Å²) in [6.07, 6.45) is 6.58. The molecule has 0 aliphatic carbocycles. The van der Waals surface area contributed by atoms with Crippen LogP contribution in [0, 0.1) is 5.92 Å². The number of nitrogens with zero attached hydrogens (tertiary/aromatic N) is 4. The van der Waals surface area contributed by atoms with E-state index in [0.717, 1.165) is 12.1 Å². The summed E-state index contributed by atoms with van der Waals surface area (Å²) in [4.78, 5) is 25.1. The predicted octanol–water partition coefficient (Wildman–Crippen LogP) is 3.25. The van der Waals surface area contributed by atoms with Crippen LogP contribution in [-0.4, -0.2) is 25.4 Å². The molecule has 24 heavy (non-hydrogen) atoms. The highest BCUT2D eigenvalue weighted by Gasteiger charge is 2.12. The molecule has 0 saturated heterocycles. The van der Waals surface area contributed by atoms with Gasteiger partial charge >= 0.3 is 0 Å². The lowest BCUT2D eigenvalue weighted by Crippen LogP contribution is -2.17. The number of carbonyl (C=O) groups is 1. The summed E-state index contributed by atoms with van der Waals surface area (Å²) in [6, 6.07) is 9.64. The molecule has 6 heteroatoms. The molecule has 0 atom stereocenters. The van der Waals surface area contributed by atoms with E-state index in [4.69, 9.17) is 0 Å². The Morgan fingerprint density at radius 3 is 2.50 bits per heavy atom. The average molecular weight is 321 g/mol. The Balaban J connectivity index is 1.73. The summed E-state index contributed by atoms with van der Waals surface area (Å²) in [6.45, 7) is 5.02. The largest absolute Gasteiger partial charge is 0.317 e. The number of benzene rings is 1. The van der Waals surface area contributed by atoms with Gasteiger partial charge in [0.25, 0.3) is 5.91 Å². The van der Waals surface area contributed by atoms with Crippen LogP contribution in [0.3, 0.4) is 0 Å². The number of rotatable bonds is 5. The molecule has 0 aliphatic heterocycles. The summed E-state index contributed by atoms with van der Waals surface area (Å²) >= 11 is 0. The average Bonchev–Trinajstić information content (AvgIpc) is 3.02. The van der Waals surface area contributed by atoms with E-state index in [0.29, 0.717) is 23.3 Å². The first kappa shape index (κ1) is 15.9. The SMILES string of the molecule is CC(C)Cn1ccnc1NC(=O)c1cnc(-c2ccccc2)nc1. The van der Waals surface area contributed by atoms with Crippen LogP contribution in [-0.2, 0) is 6.54 Å². The van der Waals surface area contributed by atoms with Crippen molar-refractivity contribution in [2.24, 2.45) is 5.92 Å². The smallest absolute Gasteiger partial charge is 0.261 e. The summed E-state index contributed by atoms with van der Waals surface area (Å²) in [5, 5.41) is 2.80. The monoisotopic (exact) mass is 321 g/mol. The molecule has 3 rings (SSSR count). The molecular weight excluding hydrogens is 302 g/mol. The lowest BCUT2D eigenvalue weighted by molar-refractivity contribution is 0.102. The maximum atomic E-state index is 12.4. The molecule has 0 aliphatic rings.